The topological polar surface area (TPSA) is 38.3 Å². The Morgan fingerprint density at radius 2 is 1.73 bits per heavy atom. The Morgan fingerprint density at radius 3 is 2.23 bits per heavy atom. The van der Waals surface area contributed by atoms with E-state index in [1.54, 1.807) is 0 Å². The number of nitrogens with one attached hydrogen (secondary N) is 1. The highest BCUT2D eigenvalue weighted by atomic mass is 16.5. The van der Waals surface area contributed by atoms with Crippen LogP contribution in [0.25, 0.3) is 0 Å². The van der Waals surface area contributed by atoms with Crippen LogP contribution in [0.4, 0.5) is 0 Å². The Morgan fingerprint density at radius 1 is 1.14 bits per heavy atom. The van der Waals surface area contributed by atoms with Gasteiger partial charge >= 0.3 is 0 Å². The van der Waals surface area contributed by atoms with Crippen molar-refractivity contribution in [2.24, 2.45) is 5.41 Å². The molecule has 0 atom stereocenters. The third-order valence-electron chi connectivity index (χ3n) is 3.92. The minimum Gasteiger partial charge on any atom is -0.484 e. The number of benzene rings is 1. The first kappa shape index (κ1) is 16.9. The van der Waals surface area contributed by atoms with Crippen LogP contribution in [-0.4, -0.2) is 18.6 Å². The van der Waals surface area contributed by atoms with Crippen LogP contribution in [0.5, 0.6) is 5.75 Å². The number of carbonyl (C=O) groups excluding carboxylic acids is 1. The third kappa shape index (κ3) is 5.36. The minimum atomic E-state index is -0.0281. The summed E-state index contributed by atoms with van der Waals surface area (Å²) in [5.41, 5.74) is 1.72. The first-order valence-electron chi connectivity index (χ1n) is 8.18. The number of ether oxygens (including phenoxy) is 1. The molecule has 0 radical (unpaired) electrons. The van der Waals surface area contributed by atoms with E-state index in [0.29, 0.717) is 11.5 Å². The van der Waals surface area contributed by atoms with Crippen molar-refractivity contribution >= 4 is 5.91 Å². The third-order valence-corrected chi connectivity index (χ3v) is 3.92. The predicted octanol–water partition coefficient (Wildman–Crippen LogP) is 4.06. The quantitative estimate of drug-likeness (QED) is 0.860. The molecule has 1 aromatic carbocycles. The van der Waals surface area contributed by atoms with Gasteiger partial charge in [-0.05, 0) is 47.8 Å². The molecule has 3 heteroatoms. The molecule has 1 aliphatic carbocycles. The zero-order chi connectivity index (χ0) is 16.4. The Bertz CT molecular complexity index is 507. The van der Waals surface area contributed by atoms with E-state index < -0.39 is 0 Å². The molecule has 0 heterocycles. The summed E-state index contributed by atoms with van der Waals surface area (Å²) in [5, 5.41) is 2.92. The van der Waals surface area contributed by atoms with E-state index in [0.717, 1.165) is 25.0 Å². The fourth-order valence-electron chi connectivity index (χ4n) is 3.08. The van der Waals surface area contributed by atoms with Gasteiger partial charge in [-0.25, -0.2) is 0 Å². The summed E-state index contributed by atoms with van der Waals surface area (Å²) in [6, 6.07) is 8.53. The van der Waals surface area contributed by atoms with Crippen LogP contribution in [0.3, 0.4) is 0 Å². The smallest absolute Gasteiger partial charge is 0.258 e. The maximum Gasteiger partial charge on any atom is 0.258 e. The van der Waals surface area contributed by atoms with Crippen LogP contribution in [0.1, 0.15) is 59.4 Å². The molecule has 1 amide bonds. The molecule has 1 aliphatic rings. The van der Waals surface area contributed by atoms with Crippen molar-refractivity contribution in [1.82, 2.24) is 5.32 Å². The first-order valence-corrected chi connectivity index (χ1v) is 8.18. The molecule has 0 aliphatic heterocycles. The lowest BCUT2D eigenvalue weighted by Crippen LogP contribution is -2.30. The van der Waals surface area contributed by atoms with Crippen molar-refractivity contribution in [3.05, 3.63) is 29.8 Å². The second-order valence-electron chi connectivity index (χ2n) is 8.28. The van der Waals surface area contributed by atoms with Gasteiger partial charge in [-0.3, -0.25) is 4.79 Å². The molecule has 1 aromatic rings. The first-order chi connectivity index (χ1) is 10.2. The van der Waals surface area contributed by atoms with Crippen molar-refractivity contribution in [3.63, 3.8) is 0 Å². The average Bonchev–Trinajstić information content (AvgIpc) is 3.18. The lowest BCUT2D eigenvalue weighted by atomic mass is 9.72. The number of hydrogen-bond donors (Lipinski definition) is 1. The lowest BCUT2D eigenvalue weighted by Gasteiger charge is -2.33. The molecule has 1 fully saturated rings. The standard InChI is InChI=1S/C19H29NO2/c1-18(2,3)13-19(4,5)14-6-10-16(11-7-14)22-12-17(21)20-15-8-9-15/h6-7,10-11,15H,8-9,12-13H2,1-5H3,(H,20,21). The Hall–Kier alpha value is -1.51. The Labute approximate surface area is 134 Å². The number of hydrogen-bond acceptors (Lipinski definition) is 2. The minimum absolute atomic E-state index is 0.0281. The molecule has 0 bridgehead atoms. The summed E-state index contributed by atoms with van der Waals surface area (Å²) in [4.78, 5) is 11.6. The lowest BCUT2D eigenvalue weighted by molar-refractivity contribution is -0.123. The average molecular weight is 303 g/mol. The van der Waals surface area contributed by atoms with Gasteiger partial charge in [0.05, 0.1) is 0 Å². The molecule has 2 rings (SSSR count). The van der Waals surface area contributed by atoms with E-state index >= 15 is 0 Å². The van der Waals surface area contributed by atoms with Gasteiger partial charge in [-0.2, -0.15) is 0 Å². The maximum atomic E-state index is 11.6. The van der Waals surface area contributed by atoms with Crippen LogP contribution in [0.15, 0.2) is 24.3 Å². The van der Waals surface area contributed by atoms with Gasteiger partial charge in [0, 0.05) is 6.04 Å². The second-order valence-corrected chi connectivity index (χ2v) is 8.28. The summed E-state index contributed by atoms with van der Waals surface area (Å²) in [5.74, 6) is 0.723. The van der Waals surface area contributed by atoms with Crippen LogP contribution < -0.4 is 10.1 Å². The van der Waals surface area contributed by atoms with Gasteiger partial charge < -0.3 is 10.1 Å². The zero-order valence-electron chi connectivity index (χ0n) is 14.5. The summed E-state index contributed by atoms with van der Waals surface area (Å²) >= 11 is 0. The van der Waals surface area contributed by atoms with Crippen molar-refractivity contribution in [1.29, 1.82) is 0 Å². The van der Waals surface area contributed by atoms with Crippen molar-refractivity contribution in [3.8, 4) is 5.75 Å². The van der Waals surface area contributed by atoms with Gasteiger partial charge in [0.25, 0.3) is 5.91 Å². The molecule has 0 saturated heterocycles. The normalized spacial score (nSPS) is 15.5. The van der Waals surface area contributed by atoms with E-state index in [-0.39, 0.29) is 17.9 Å². The maximum absolute atomic E-state index is 11.6. The predicted molar refractivity (Wildman–Crippen MR) is 90.2 cm³/mol. The van der Waals surface area contributed by atoms with Crippen LogP contribution >= 0.6 is 0 Å². The Balaban J connectivity index is 1.90. The SMILES string of the molecule is CC(C)(C)CC(C)(C)c1ccc(OCC(=O)NC2CC2)cc1. The molecule has 1 saturated carbocycles. The van der Waals surface area contributed by atoms with Gasteiger partial charge in [0.1, 0.15) is 5.75 Å². The molecule has 22 heavy (non-hydrogen) atoms. The molecule has 0 aromatic heterocycles. The molecule has 0 unspecified atom stereocenters. The molecule has 3 nitrogen and oxygen atoms in total. The van der Waals surface area contributed by atoms with E-state index in [2.05, 4.69) is 52.1 Å². The summed E-state index contributed by atoms with van der Waals surface area (Å²) < 4.78 is 5.55. The zero-order valence-corrected chi connectivity index (χ0v) is 14.5. The fraction of sp³-hybridized carbons (Fsp3) is 0.632. The van der Waals surface area contributed by atoms with Crippen molar-refractivity contribution in [2.75, 3.05) is 6.61 Å². The fourth-order valence-corrected chi connectivity index (χ4v) is 3.08. The molecule has 122 valence electrons. The molecule has 1 N–H and O–H groups in total. The van der Waals surface area contributed by atoms with Crippen molar-refractivity contribution < 1.29 is 9.53 Å². The van der Waals surface area contributed by atoms with E-state index in [4.69, 9.17) is 4.74 Å². The highest BCUT2D eigenvalue weighted by Gasteiger charge is 2.27. The van der Waals surface area contributed by atoms with E-state index in [9.17, 15) is 4.79 Å². The molecular weight excluding hydrogens is 274 g/mol. The second kappa shape index (κ2) is 6.31. The molecule has 0 spiro atoms. The summed E-state index contributed by atoms with van der Waals surface area (Å²) in [6.07, 6.45) is 3.32. The highest BCUT2D eigenvalue weighted by molar-refractivity contribution is 5.78. The highest BCUT2D eigenvalue weighted by Crippen LogP contribution is 2.36. The van der Waals surface area contributed by atoms with E-state index in [1.807, 2.05) is 12.1 Å². The summed E-state index contributed by atoms with van der Waals surface area (Å²) in [7, 11) is 0. The van der Waals surface area contributed by atoms with Crippen LogP contribution in [0, 0.1) is 5.41 Å². The summed E-state index contributed by atoms with van der Waals surface area (Å²) in [6.45, 7) is 11.5. The number of amides is 1. The van der Waals surface area contributed by atoms with Gasteiger partial charge in [-0.1, -0.05) is 46.8 Å². The van der Waals surface area contributed by atoms with Crippen LogP contribution in [-0.2, 0) is 10.2 Å². The molecular formula is C19H29NO2. The van der Waals surface area contributed by atoms with Gasteiger partial charge in [-0.15, -0.1) is 0 Å². The van der Waals surface area contributed by atoms with Gasteiger partial charge in [0.2, 0.25) is 0 Å². The Kier molecular flexibility index (Phi) is 4.84. The van der Waals surface area contributed by atoms with E-state index in [1.165, 1.54) is 5.56 Å². The number of rotatable bonds is 6. The monoisotopic (exact) mass is 303 g/mol. The largest absolute Gasteiger partial charge is 0.484 e. The van der Waals surface area contributed by atoms with Gasteiger partial charge in [0.15, 0.2) is 6.61 Å². The van der Waals surface area contributed by atoms with Crippen molar-refractivity contribution in [2.45, 2.75) is 65.3 Å². The number of carbonyl (C=O) groups is 1. The van der Waals surface area contributed by atoms with Crippen LogP contribution in [0.2, 0.25) is 0 Å².